The predicted octanol–water partition coefficient (Wildman–Crippen LogP) is 3.39. The Labute approximate surface area is 138 Å². The zero-order chi connectivity index (χ0) is 18.1. The number of likely N-dealkylation sites (N-methyl/N-ethyl adjacent to an activating group) is 2. The molecule has 0 saturated carbocycles. The zero-order valence-corrected chi connectivity index (χ0v) is 16.5. The van der Waals surface area contributed by atoms with Gasteiger partial charge in [0.25, 0.3) is 0 Å². The molecule has 4 heteroatoms. The Morgan fingerprint density at radius 3 is 1.45 bits per heavy atom. The number of nitrogens with zero attached hydrogens (tertiary/aromatic N) is 2. The van der Waals surface area contributed by atoms with Crippen LogP contribution < -0.4 is 0 Å². The highest BCUT2D eigenvalue weighted by Gasteiger charge is 2.31. The standard InChI is InChI=1S/C11H23NO.C7H15NO/c1-6-7-8-9-11(3,10(2)13)12(4)5;1-6(9)7(2,3)8(4)5/h6-9H2,1-5H3;1-5H3. The van der Waals surface area contributed by atoms with Crippen molar-refractivity contribution in [3.05, 3.63) is 0 Å². The van der Waals surface area contributed by atoms with Crippen LogP contribution in [0.25, 0.3) is 0 Å². The smallest absolute Gasteiger partial charge is 0.149 e. The normalized spacial score (nSPS) is 14.4. The van der Waals surface area contributed by atoms with Crippen molar-refractivity contribution >= 4 is 11.6 Å². The van der Waals surface area contributed by atoms with Crippen LogP contribution in [0.4, 0.5) is 0 Å². The molecule has 1 atom stereocenters. The molecule has 0 aromatic carbocycles. The Bertz CT molecular complexity index is 349. The van der Waals surface area contributed by atoms with Crippen molar-refractivity contribution in [2.75, 3.05) is 28.2 Å². The molecule has 0 aromatic heterocycles. The van der Waals surface area contributed by atoms with E-state index in [0.717, 1.165) is 12.8 Å². The van der Waals surface area contributed by atoms with Crippen LogP contribution in [0.15, 0.2) is 0 Å². The third-order valence-electron chi connectivity index (χ3n) is 4.99. The zero-order valence-electron chi connectivity index (χ0n) is 16.5. The third kappa shape index (κ3) is 7.50. The van der Waals surface area contributed by atoms with E-state index in [2.05, 4.69) is 6.92 Å². The van der Waals surface area contributed by atoms with Crippen molar-refractivity contribution in [3.63, 3.8) is 0 Å². The monoisotopic (exact) mass is 314 g/mol. The molecule has 0 heterocycles. The molecule has 0 aliphatic carbocycles. The number of unbranched alkanes of at least 4 members (excludes halogenated alkanes) is 2. The lowest BCUT2D eigenvalue weighted by Gasteiger charge is -2.34. The van der Waals surface area contributed by atoms with E-state index in [1.807, 2.05) is 58.8 Å². The van der Waals surface area contributed by atoms with Crippen molar-refractivity contribution < 1.29 is 9.59 Å². The summed E-state index contributed by atoms with van der Waals surface area (Å²) < 4.78 is 0. The molecule has 0 saturated heterocycles. The molecule has 0 spiro atoms. The number of hydrogen-bond donors (Lipinski definition) is 0. The molecule has 0 aliphatic rings. The highest BCUT2D eigenvalue weighted by molar-refractivity contribution is 5.85. The van der Waals surface area contributed by atoms with Gasteiger partial charge in [0.2, 0.25) is 0 Å². The fraction of sp³-hybridized carbons (Fsp3) is 0.889. The van der Waals surface area contributed by atoms with Gasteiger partial charge >= 0.3 is 0 Å². The van der Waals surface area contributed by atoms with Gasteiger partial charge in [0.1, 0.15) is 11.6 Å². The topological polar surface area (TPSA) is 40.6 Å². The van der Waals surface area contributed by atoms with E-state index in [1.165, 1.54) is 12.8 Å². The molecule has 0 N–H and O–H groups in total. The van der Waals surface area contributed by atoms with Crippen molar-refractivity contribution in [2.24, 2.45) is 0 Å². The second-order valence-corrected chi connectivity index (χ2v) is 7.19. The highest BCUT2D eigenvalue weighted by Crippen LogP contribution is 2.21. The fourth-order valence-corrected chi connectivity index (χ4v) is 1.75. The first-order valence-corrected chi connectivity index (χ1v) is 8.20. The molecule has 0 amide bonds. The lowest BCUT2D eigenvalue weighted by Crippen LogP contribution is -2.47. The minimum Gasteiger partial charge on any atom is -0.298 e. The van der Waals surface area contributed by atoms with Gasteiger partial charge in [-0.15, -0.1) is 0 Å². The van der Waals surface area contributed by atoms with E-state index in [-0.39, 0.29) is 22.6 Å². The molecule has 1 unspecified atom stereocenters. The Morgan fingerprint density at radius 1 is 0.818 bits per heavy atom. The summed E-state index contributed by atoms with van der Waals surface area (Å²) in [4.78, 5) is 26.3. The van der Waals surface area contributed by atoms with Crippen LogP contribution in [-0.2, 0) is 9.59 Å². The summed E-state index contributed by atoms with van der Waals surface area (Å²) in [7, 11) is 7.77. The highest BCUT2D eigenvalue weighted by atomic mass is 16.1. The van der Waals surface area contributed by atoms with Crippen molar-refractivity contribution in [3.8, 4) is 0 Å². The summed E-state index contributed by atoms with van der Waals surface area (Å²) in [5, 5.41) is 0. The number of ketones is 2. The van der Waals surface area contributed by atoms with Gasteiger partial charge in [-0.1, -0.05) is 26.2 Å². The SMILES string of the molecule is CC(=O)C(C)(C)N(C)C.CCCCCC(C)(C(C)=O)N(C)C. The van der Waals surface area contributed by atoms with Gasteiger partial charge in [0.15, 0.2) is 0 Å². The van der Waals surface area contributed by atoms with E-state index < -0.39 is 0 Å². The van der Waals surface area contributed by atoms with Gasteiger partial charge in [-0.3, -0.25) is 19.4 Å². The Balaban J connectivity index is 0. The Morgan fingerprint density at radius 2 is 1.27 bits per heavy atom. The van der Waals surface area contributed by atoms with Crippen LogP contribution in [0.2, 0.25) is 0 Å². The van der Waals surface area contributed by atoms with Gasteiger partial charge in [0, 0.05) is 0 Å². The van der Waals surface area contributed by atoms with Crippen LogP contribution >= 0.6 is 0 Å². The summed E-state index contributed by atoms with van der Waals surface area (Å²) >= 11 is 0. The van der Waals surface area contributed by atoms with Crippen LogP contribution in [0.1, 0.15) is 67.2 Å². The molecule has 0 rings (SSSR count). The fourth-order valence-electron chi connectivity index (χ4n) is 1.75. The Hall–Kier alpha value is -0.740. The van der Waals surface area contributed by atoms with Gasteiger partial charge in [-0.05, 0) is 69.2 Å². The summed E-state index contributed by atoms with van der Waals surface area (Å²) in [6, 6.07) is 0. The number of Topliss-reactive ketones (excluding diaryl/α,β-unsaturated/α-hetero) is 2. The molecular formula is C18H38N2O2. The molecule has 132 valence electrons. The average molecular weight is 315 g/mol. The van der Waals surface area contributed by atoms with Gasteiger partial charge in [-0.2, -0.15) is 0 Å². The molecule has 0 aliphatic heterocycles. The minimum absolute atomic E-state index is 0.201. The van der Waals surface area contributed by atoms with Gasteiger partial charge in [0.05, 0.1) is 11.1 Å². The van der Waals surface area contributed by atoms with E-state index in [9.17, 15) is 9.59 Å². The molecule has 0 aromatic rings. The summed E-state index contributed by atoms with van der Waals surface area (Å²) in [6.45, 7) is 11.3. The van der Waals surface area contributed by atoms with Gasteiger partial charge in [-0.25, -0.2) is 0 Å². The van der Waals surface area contributed by atoms with E-state index in [0.29, 0.717) is 0 Å². The lowest BCUT2D eigenvalue weighted by molar-refractivity contribution is -0.127. The minimum atomic E-state index is -0.306. The lowest BCUT2D eigenvalue weighted by atomic mass is 9.89. The molecule has 0 fully saturated rings. The van der Waals surface area contributed by atoms with Crippen molar-refractivity contribution in [1.29, 1.82) is 0 Å². The van der Waals surface area contributed by atoms with Crippen LogP contribution in [0.5, 0.6) is 0 Å². The molecule has 22 heavy (non-hydrogen) atoms. The van der Waals surface area contributed by atoms with Crippen LogP contribution in [0, 0.1) is 0 Å². The number of hydrogen-bond acceptors (Lipinski definition) is 4. The summed E-state index contributed by atoms with van der Waals surface area (Å²) in [5.74, 6) is 0.473. The largest absolute Gasteiger partial charge is 0.298 e. The molecule has 0 bridgehead atoms. The molecular weight excluding hydrogens is 276 g/mol. The summed E-state index contributed by atoms with van der Waals surface area (Å²) in [5.41, 5.74) is -0.560. The summed E-state index contributed by atoms with van der Waals surface area (Å²) in [6.07, 6.45) is 4.55. The number of carbonyl (C=O) groups is 2. The number of carbonyl (C=O) groups excluding carboxylic acids is 2. The van der Waals surface area contributed by atoms with Crippen LogP contribution in [-0.4, -0.2) is 60.6 Å². The van der Waals surface area contributed by atoms with E-state index in [1.54, 1.807) is 13.8 Å². The quantitative estimate of drug-likeness (QED) is 0.644. The Kier molecular flexibility index (Phi) is 10.8. The second-order valence-electron chi connectivity index (χ2n) is 7.19. The first-order chi connectivity index (χ1) is 9.83. The van der Waals surface area contributed by atoms with Crippen molar-refractivity contribution in [1.82, 2.24) is 9.80 Å². The van der Waals surface area contributed by atoms with E-state index >= 15 is 0 Å². The second kappa shape index (κ2) is 10.1. The number of rotatable bonds is 8. The first kappa shape index (κ1) is 23.5. The first-order valence-electron chi connectivity index (χ1n) is 8.20. The average Bonchev–Trinajstić information content (AvgIpc) is 2.38. The van der Waals surface area contributed by atoms with E-state index in [4.69, 9.17) is 0 Å². The maximum Gasteiger partial charge on any atom is 0.149 e. The predicted molar refractivity (Wildman–Crippen MR) is 95.4 cm³/mol. The maximum absolute atomic E-state index is 11.5. The molecule has 0 radical (unpaired) electrons. The van der Waals surface area contributed by atoms with Crippen molar-refractivity contribution in [2.45, 2.75) is 78.3 Å². The molecule has 4 nitrogen and oxygen atoms in total. The maximum atomic E-state index is 11.5. The third-order valence-corrected chi connectivity index (χ3v) is 4.99. The van der Waals surface area contributed by atoms with Crippen LogP contribution in [0.3, 0.4) is 0 Å². The van der Waals surface area contributed by atoms with Gasteiger partial charge < -0.3 is 0 Å².